The monoisotopic (exact) mass is 373 g/mol. The highest BCUT2D eigenvalue weighted by Gasteiger charge is 2.26. The van der Waals surface area contributed by atoms with Crippen molar-refractivity contribution in [1.82, 2.24) is 19.7 Å². The summed E-state index contributed by atoms with van der Waals surface area (Å²) in [5, 5.41) is 4.85. The topological polar surface area (TPSA) is 49.7 Å². The highest BCUT2D eigenvalue weighted by Crippen LogP contribution is 2.33. The number of para-hydroxylation sites is 1. The molecule has 7 heteroatoms. The highest BCUT2D eigenvalue weighted by atomic mass is 35.5. The summed E-state index contributed by atoms with van der Waals surface area (Å²) in [6.07, 6.45) is 3.76. The number of nitrogens with one attached hydrogen (secondary N) is 1. The SMILES string of the molecule is Cc1cc(N2CCC(c3nc[nH]c3C)CC2)n(-c2c(F)cccc2Cl)n1. The Morgan fingerprint density at radius 1 is 1.23 bits per heavy atom. The number of rotatable bonds is 3. The molecule has 1 aliphatic rings. The van der Waals surface area contributed by atoms with Gasteiger partial charge < -0.3 is 9.88 Å². The van der Waals surface area contributed by atoms with Crippen molar-refractivity contribution in [3.05, 3.63) is 58.5 Å². The molecule has 1 fully saturated rings. The van der Waals surface area contributed by atoms with E-state index in [0.717, 1.165) is 48.8 Å². The van der Waals surface area contributed by atoms with Crippen LogP contribution in [-0.4, -0.2) is 32.8 Å². The first kappa shape index (κ1) is 17.1. The van der Waals surface area contributed by atoms with Gasteiger partial charge >= 0.3 is 0 Å². The first-order valence-electron chi connectivity index (χ1n) is 8.80. The Balaban J connectivity index is 1.61. The molecule has 0 aliphatic carbocycles. The zero-order chi connectivity index (χ0) is 18.3. The zero-order valence-corrected chi connectivity index (χ0v) is 15.6. The molecule has 0 saturated carbocycles. The number of nitrogens with zero attached hydrogens (tertiary/aromatic N) is 4. The van der Waals surface area contributed by atoms with Crippen molar-refractivity contribution in [3.63, 3.8) is 0 Å². The predicted molar refractivity (Wildman–Crippen MR) is 101 cm³/mol. The largest absolute Gasteiger partial charge is 0.356 e. The normalized spacial score (nSPS) is 15.6. The van der Waals surface area contributed by atoms with Crippen LogP contribution in [0.3, 0.4) is 0 Å². The maximum Gasteiger partial charge on any atom is 0.150 e. The third-order valence-electron chi connectivity index (χ3n) is 5.04. The van der Waals surface area contributed by atoms with Crippen LogP contribution in [0.4, 0.5) is 10.2 Å². The van der Waals surface area contributed by atoms with Crippen LogP contribution < -0.4 is 4.90 Å². The lowest BCUT2D eigenvalue weighted by Crippen LogP contribution is -2.34. The van der Waals surface area contributed by atoms with E-state index in [1.165, 1.54) is 6.07 Å². The summed E-state index contributed by atoms with van der Waals surface area (Å²) >= 11 is 6.26. The molecule has 0 radical (unpaired) electrons. The van der Waals surface area contributed by atoms with Crippen LogP contribution in [0.2, 0.25) is 5.02 Å². The Morgan fingerprint density at radius 3 is 2.65 bits per heavy atom. The van der Waals surface area contributed by atoms with Gasteiger partial charge in [-0.05, 0) is 38.8 Å². The average Bonchev–Trinajstić information content (AvgIpc) is 3.21. The molecule has 26 heavy (non-hydrogen) atoms. The maximum atomic E-state index is 14.4. The van der Waals surface area contributed by atoms with Gasteiger partial charge in [0.15, 0.2) is 0 Å². The Morgan fingerprint density at radius 2 is 2.00 bits per heavy atom. The third kappa shape index (κ3) is 2.98. The molecule has 0 bridgehead atoms. The summed E-state index contributed by atoms with van der Waals surface area (Å²) in [5.74, 6) is 0.961. The van der Waals surface area contributed by atoms with Crippen molar-refractivity contribution < 1.29 is 4.39 Å². The molecule has 1 aliphatic heterocycles. The number of aryl methyl sites for hydroxylation is 2. The molecule has 3 heterocycles. The van der Waals surface area contributed by atoms with Gasteiger partial charge in [-0.25, -0.2) is 14.1 Å². The molecule has 0 atom stereocenters. The molecule has 4 rings (SSSR count). The summed E-state index contributed by atoms with van der Waals surface area (Å²) in [5.41, 5.74) is 3.45. The first-order valence-corrected chi connectivity index (χ1v) is 9.18. The number of hydrogen-bond acceptors (Lipinski definition) is 3. The summed E-state index contributed by atoms with van der Waals surface area (Å²) in [7, 11) is 0. The van der Waals surface area contributed by atoms with E-state index in [0.29, 0.717) is 16.6 Å². The molecule has 5 nitrogen and oxygen atoms in total. The molecule has 3 aromatic rings. The third-order valence-corrected chi connectivity index (χ3v) is 5.34. The Kier molecular flexibility index (Phi) is 4.44. The van der Waals surface area contributed by atoms with E-state index >= 15 is 0 Å². The van der Waals surface area contributed by atoms with Gasteiger partial charge in [-0.15, -0.1) is 0 Å². The second-order valence-electron chi connectivity index (χ2n) is 6.80. The van der Waals surface area contributed by atoms with Crippen LogP contribution in [0.5, 0.6) is 0 Å². The Hall–Kier alpha value is -2.34. The van der Waals surface area contributed by atoms with Gasteiger partial charge in [0.05, 0.1) is 22.7 Å². The molecule has 2 aromatic heterocycles. The molecular weight excluding hydrogens is 353 g/mol. The van der Waals surface area contributed by atoms with Gasteiger partial charge in [-0.2, -0.15) is 5.10 Å². The lowest BCUT2D eigenvalue weighted by Gasteiger charge is -2.33. The number of hydrogen-bond donors (Lipinski definition) is 1. The summed E-state index contributed by atoms with van der Waals surface area (Å²) in [6.45, 7) is 5.71. The zero-order valence-electron chi connectivity index (χ0n) is 14.8. The molecule has 1 N–H and O–H groups in total. The van der Waals surface area contributed by atoms with E-state index in [1.807, 2.05) is 13.0 Å². The van der Waals surface area contributed by atoms with Gasteiger partial charge in [-0.3, -0.25) is 0 Å². The van der Waals surface area contributed by atoms with Crippen molar-refractivity contribution >= 4 is 17.4 Å². The minimum absolute atomic E-state index is 0.308. The van der Waals surface area contributed by atoms with Gasteiger partial charge in [0.1, 0.15) is 17.3 Å². The van der Waals surface area contributed by atoms with Gasteiger partial charge in [-0.1, -0.05) is 17.7 Å². The van der Waals surface area contributed by atoms with Crippen LogP contribution in [0.15, 0.2) is 30.6 Å². The van der Waals surface area contributed by atoms with Crippen LogP contribution in [-0.2, 0) is 0 Å². The molecule has 0 amide bonds. The fourth-order valence-corrected chi connectivity index (χ4v) is 3.97. The number of aromatic nitrogens is 4. The number of aromatic amines is 1. The minimum Gasteiger partial charge on any atom is -0.356 e. The molecule has 136 valence electrons. The van der Waals surface area contributed by atoms with Crippen molar-refractivity contribution in [3.8, 4) is 5.69 Å². The van der Waals surface area contributed by atoms with E-state index in [2.05, 4.69) is 26.9 Å². The van der Waals surface area contributed by atoms with E-state index < -0.39 is 0 Å². The number of piperidine rings is 1. The molecule has 1 saturated heterocycles. The summed E-state index contributed by atoms with van der Waals surface area (Å²) in [6, 6.07) is 6.69. The van der Waals surface area contributed by atoms with Crippen molar-refractivity contribution in [2.75, 3.05) is 18.0 Å². The van der Waals surface area contributed by atoms with E-state index in [1.54, 1.807) is 23.1 Å². The maximum absolute atomic E-state index is 14.4. The van der Waals surface area contributed by atoms with Crippen LogP contribution in [0.25, 0.3) is 5.69 Å². The van der Waals surface area contributed by atoms with E-state index in [4.69, 9.17) is 11.6 Å². The Labute approximate surface area is 156 Å². The average molecular weight is 374 g/mol. The van der Waals surface area contributed by atoms with Crippen LogP contribution in [0.1, 0.15) is 35.8 Å². The van der Waals surface area contributed by atoms with Gasteiger partial charge in [0.2, 0.25) is 0 Å². The van der Waals surface area contributed by atoms with Crippen molar-refractivity contribution in [2.24, 2.45) is 0 Å². The number of imidazole rings is 1. The second kappa shape index (κ2) is 6.76. The predicted octanol–water partition coefficient (Wildman–Crippen LogP) is 4.39. The number of anilines is 1. The lowest BCUT2D eigenvalue weighted by molar-refractivity contribution is 0.489. The molecular formula is C19H21ClFN5. The first-order chi connectivity index (χ1) is 12.5. The van der Waals surface area contributed by atoms with Crippen molar-refractivity contribution in [1.29, 1.82) is 0 Å². The number of H-pyrrole nitrogens is 1. The van der Waals surface area contributed by atoms with E-state index in [9.17, 15) is 4.39 Å². The second-order valence-corrected chi connectivity index (χ2v) is 7.21. The minimum atomic E-state index is -0.371. The number of halogens is 2. The molecule has 0 spiro atoms. The summed E-state index contributed by atoms with van der Waals surface area (Å²) < 4.78 is 16.0. The molecule has 0 unspecified atom stereocenters. The quantitative estimate of drug-likeness (QED) is 0.740. The Bertz CT molecular complexity index is 904. The van der Waals surface area contributed by atoms with E-state index in [-0.39, 0.29) is 5.82 Å². The fourth-order valence-electron chi connectivity index (χ4n) is 3.73. The smallest absolute Gasteiger partial charge is 0.150 e. The lowest BCUT2D eigenvalue weighted by atomic mass is 9.92. The highest BCUT2D eigenvalue weighted by molar-refractivity contribution is 6.32. The van der Waals surface area contributed by atoms with Crippen LogP contribution in [0, 0.1) is 19.7 Å². The number of benzene rings is 1. The standard InChI is InChI=1S/C19H21ClFN5/c1-12-10-17(26(24-12)19-15(20)4-3-5-16(19)21)25-8-6-14(7-9-25)18-13(2)22-11-23-18/h3-5,10-11,14H,6-9H2,1-2H3,(H,22,23). The van der Waals surface area contributed by atoms with Gasteiger partial charge in [0, 0.05) is 30.8 Å². The van der Waals surface area contributed by atoms with Crippen LogP contribution >= 0.6 is 11.6 Å². The summed E-state index contributed by atoms with van der Waals surface area (Å²) in [4.78, 5) is 9.88. The van der Waals surface area contributed by atoms with Crippen molar-refractivity contribution in [2.45, 2.75) is 32.6 Å². The van der Waals surface area contributed by atoms with Gasteiger partial charge in [0.25, 0.3) is 0 Å². The fraction of sp³-hybridized carbons (Fsp3) is 0.368. The molecule has 1 aromatic carbocycles.